The normalized spacial score (nSPS) is 9.57. The lowest BCUT2D eigenvalue weighted by atomic mass is 10.1. The minimum Gasteiger partial charge on any atom is -0.493 e. The maximum Gasteiger partial charge on any atom is 0.161 e. The minimum absolute atomic E-state index is 0.0137. The average Bonchev–Trinajstić information content (AvgIpc) is 2.49. The number of carbonyl (C=O) groups excluding carboxylic acids is 1. The highest BCUT2D eigenvalue weighted by Gasteiger charge is 2.07. The third-order valence-electron chi connectivity index (χ3n) is 2.42. The molecule has 0 saturated heterocycles. The van der Waals surface area contributed by atoms with E-state index in [0.717, 1.165) is 11.8 Å². The summed E-state index contributed by atoms with van der Waals surface area (Å²) in [5, 5.41) is 17.6. The van der Waals surface area contributed by atoms with Gasteiger partial charge in [0, 0.05) is 30.5 Å². The summed E-state index contributed by atoms with van der Waals surface area (Å²) in [5.41, 5.74) is 0.589. The first kappa shape index (κ1) is 19.9. The Morgan fingerprint density at radius 1 is 1.19 bits per heavy atom. The van der Waals surface area contributed by atoms with E-state index in [0.29, 0.717) is 36.7 Å². The van der Waals surface area contributed by atoms with Crippen molar-refractivity contribution in [2.45, 2.75) is 19.8 Å². The summed E-state index contributed by atoms with van der Waals surface area (Å²) < 4.78 is 10.5. The van der Waals surface area contributed by atoms with E-state index < -0.39 is 0 Å². The van der Waals surface area contributed by atoms with Crippen molar-refractivity contribution in [3.05, 3.63) is 23.8 Å². The Bertz CT molecular complexity index is 407. The van der Waals surface area contributed by atoms with Gasteiger partial charge in [-0.2, -0.15) is 0 Å². The maximum atomic E-state index is 11.2. The number of halogens is 1. The molecule has 0 aromatic heterocycles. The molecule has 0 aliphatic rings. The number of rotatable bonds is 8. The molecule has 0 bridgehead atoms. The van der Waals surface area contributed by atoms with Gasteiger partial charge in [-0.1, -0.05) is 15.9 Å². The molecular formula is C15H23BrO5. The number of ether oxygens (including phenoxy) is 2. The highest BCUT2D eigenvalue weighted by atomic mass is 79.9. The first-order valence-corrected chi connectivity index (χ1v) is 7.82. The zero-order valence-corrected chi connectivity index (χ0v) is 14.1. The molecule has 1 rings (SSSR count). The van der Waals surface area contributed by atoms with E-state index in [2.05, 4.69) is 15.9 Å². The van der Waals surface area contributed by atoms with Crippen molar-refractivity contribution >= 4 is 21.7 Å². The summed E-state index contributed by atoms with van der Waals surface area (Å²) in [6, 6.07) is 5.04. The predicted molar refractivity (Wildman–Crippen MR) is 85.7 cm³/mol. The standard InChI is InChI=1S/C12H16O4.C3H7BrO/c1-9(14)10-4-5-11(12(8-10)15-2)16-7-3-6-13;4-2-1-3-5/h4-5,8,13H,3,6-7H2,1-2H3;5H,1-3H2. The fourth-order valence-corrected chi connectivity index (χ4v) is 1.56. The van der Waals surface area contributed by atoms with Crippen LogP contribution in [0.3, 0.4) is 0 Å². The number of aliphatic hydroxyl groups excluding tert-OH is 2. The van der Waals surface area contributed by atoms with Gasteiger partial charge in [0.1, 0.15) is 0 Å². The fraction of sp³-hybridized carbons (Fsp3) is 0.533. The maximum absolute atomic E-state index is 11.2. The Hall–Kier alpha value is -1.11. The number of Topliss-reactive ketones (excluding diaryl/α,β-unsaturated/α-hetero) is 1. The van der Waals surface area contributed by atoms with E-state index in [9.17, 15) is 4.79 Å². The molecule has 0 saturated carbocycles. The number of alkyl halides is 1. The Kier molecular flexibility index (Phi) is 12.0. The summed E-state index contributed by atoms with van der Waals surface area (Å²) in [6.07, 6.45) is 1.43. The quantitative estimate of drug-likeness (QED) is 0.422. The van der Waals surface area contributed by atoms with E-state index >= 15 is 0 Å². The molecule has 21 heavy (non-hydrogen) atoms. The van der Waals surface area contributed by atoms with Crippen molar-refractivity contribution in [2.24, 2.45) is 0 Å². The number of aliphatic hydroxyl groups is 2. The van der Waals surface area contributed by atoms with Crippen LogP contribution in [0.25, 0.3) is 0 Å². The van der Waals surface area contributed by atoms with Crippen LogP contribution in [0.1, 0.15) is 30.1 Å². The summed E-state index contributed by atoms with van der Waals surface area (Å²) in [4.78, 5) is 11.2. The molecule has 120 valence electrons. The van der Waals surface area contributed by atoms with E-state index in [1.54, 1.807) is 18.2 Å². The van der Waals surface area contributed by atoms with Crippen LogP contribution in [0, 0.1) is 0 Å². The van der Waals surface area contributed by atoms with Crippen molar-refractivity contribution < 1.29 is 24.5 Å². The van der Waals surface area contributed by atoms with E-state index in [4.69, 9.17) is 19.7 Å². The molecule has 0 spiro atoms. The highest BCUT2D eigenvalue weighted by Crippen LogP contribution is 2.28. The first-order valence-electron chi connectivity index (χ1n) is 6.70. The summed E-state index contributed by atoms with van der Waals surface area (Å²) >= 11 is 3.15. The van der Waals surface area contributed by atoms with Crippen LogP contribution in [0.4, 0.5) is 0 Å². The lowest BCUT2D eigenvalue weighted by molar-refractivity contribution is 0.101. The summed E-state index contributed by atoms with van der Waals surface area (Å²) in [6.45, 7) is 2.31. The van der Waals surface area contributed by atoms with Gasteiger partial charge in [0.25, 0.3) is 0 Å². The molecule has 0 radical (unpaired) electrons. The van der Waals surface area contributed by atoms with Crippen LogP contribution in [0.2, 0.25) is 0 Å². The number of carbonyl (C=O) groups is 1. The molecule has 0 unspecified atom stereocenters. The first-order chi connectivity index (χ1) is 10.1. The molecule has 2 N–H and O–H groups in total. The van der Waals surface area contributed by atoms with Crippen molar-refractivity contribution in [1.82, 2.24) is 0 Å². The number of hydrogen-bond acceptors (Lipinski definition) is 5. The SMILES string of the molecule is COc1cc(C(C)=O)ccc1OCCCO.OCCCBr. The van der Waals surface area contributed by atoms with E-state index in [1.807, 2.05) is 0 Å². The molecule has 5 nitrogen and oxygen atoms in total. The van der Waals surface area contributed by atoms with Crippen LogP contribution in [0.5, 0.6) is 11.5 Å². The molecular weight excluding hydrogens is 340 g/mol. The molecule has 0 fully saturated rings. The Balaban J connectivity index is 0.000000690. The van der Waals surface area contributed by atoms with E-state index in [1.165, 1.54) is 14.0 Å². The van der Waals surface area contributed by atoms with Crippen molar-refractivity contribution in [2.75, 3.05) is 32.3 Å². The van der Waals surface area contributed by atoms with Crippen LogP contribution in [0.15, 0.2) is 18.2 Å². The summed E-state index contributed by atoms with van der Waals surface area (Å²) in [7, 11) is 1.53. The monoisotopic (exact) mass is 362 g/mol. The van der Waals surface area contributed by atoms with Crippen LogP contribution < -0.4 is 9.47 Å². The smallest absolute Gasteiger partial charge is 0.161 e. The Morgan fingerprint density at radius 2 is 1.86 bits per heavy atom. The zero-order valence-electron chi connectivity index (χ0n) is 12.5. The number of ketones is 1. The van der Waals surface area contributed by atoms with Gasteiger partial charge in [-0.25, -0.2) is 0 Å². The zero-order chi connectivity index (χ0) is 16.1. The van der Waals surface area contributed by atoms with Crippen molar-refractivity contribution in [1.29, 1.82) is 0 Å². The van der Waals surface area contributed by atoms with Crippen LogP contribution in [-0.4, -0.2) is 48.3 Å². The average molecular weight is 363 g/mol. The number of benzene rings is 1. The predicted octanol–water partition coefficient (Wildman–Crippen LogP) is 2.42. The van der Waals surface area contributed by atoms with Gasteiger partial charge < -0.3 is 19.7 Å². The molecule has 6 heteroatoms. The number of hydrogen-bond donors (Lipinski definition) is 2. The second-order valence-corrected chi connectivity index (χ2v) is 4.91. The van der Waals surface area contributed by atoms with Gasteiger partial charge in [-0.05, 0) is 31.5 Å². The van der Waals surface area contributed by atoms with Crippen LogP contribution >= 0.6 is 15.9 Å². The van der Waals surface area contributed by atoms with Gasteiger partial charge in [0.05, 0.1) is 13.7 Å². The van der Waals surface area contributed by atoms with Crippen molar-refractivity contribution in [3.63, 3.8) is 0 Å². The third-order valence-corrected chi connectivity index (χ3v) is 2.98. The van der Waals surface area contributed by atoms with Gasteiger partial charge in [-0.15, -0.1) is 0 Å². The molecule has 1 aromatic rings. The van der Waals surface area contributed by atoms with Crippen molar-refractivity contribution in [3.8, 4) is 11.5 Å². The highest BCUT2D eigenvalue weighted by molar-refractivity contribution is 9.09. The van der Waals surface area contributed by atoms with Gasteiger partial charge in [0.15, 0.2) is 17.3 Å². The molecule has 0 heterocycles. The largest absolute Gasteiger partial charge is 0.493 e. The van der Waals surface area contributed by atoms with Gasteiger partial charge in [-0.3, -0.25) is 4.79 Å². The lowest BCUT2D eigenvalue weighted by Gasteiger charge is -2.10. The third kappa shape index (κ3) is 8.70. The molecule has 1 aromatic carbocycles. The van der Waals surface area contributed by atoms with E-state index in [-0.39, 0.29) is 12.4 Å². The number of methoxy groups -OCH3 is 1. The van der Waals surface area contributed by atoms with Crippen LogP contribution in [-0.2, 0) is 0 Å². The van der Waals surface area contributed by atoms with Gasteiger partial charge in [0.2, 0.25) is 0 Å². The topological polar surface area (TPSA) is 76.0 Å². The Morgan fingerprint density at radius 3 is 2.29 bits per heavy atom. The fourth-order valence-electron chi connectivity index (χ4n) is 1.31. The lowest BCUT2D eigenvalue weighted by Crippen LogP contribution is -2.02. The molecule has 0 amide bonds. The molecule has 0 aliphatic carbocycles. The van der Waals surface area contributed by atoms with Gasteiger partial charge >= 0.3 is 0 Å². The second-order valence-electron chi connectivity index (χ2n) is 4.11. The molecule has 0 atom stereocenters. The Labute approximate surface area is 134 Å². The molecule has 0 aliphatic heterocycles. The second kappa shape index (κ2) is 12.6. The summed E-state index contributed by atoms with van der Waals surface area (Å²) in [5.74, 6) is 1.10. The minimum atomic E-state index is -0.0137.